The van der Waals surface area contributed by atoms with Gasteiger partial charge in [-0.15, -0.1) is 0 Å². The molecular weight excluding hydrogens is 296 g/mol. The predicted octanol–water partition coefficient (Wildman–Crippen LogP) is 4.54. The predicted molar refractivity (Wildman–Crippen MR) is 95.2 cm³/mol. The lowest BCUT2D eigenvalue weighted by Gasteiger charge is -2.14. The Bertz CT molecular complexity index is 856. The van der Waals surface area contributed by atoms with Crippen molar-refractivity contribution in [3.8, 4) is 5.75 Å². The van der Waals surface area contributed by atoms with Crippen LogP contribution in [-0.2, 0) is 6.42 Å². The van der Waals surface area contributed by atoms with Crippen LogP contribution in [0.2, 0.25) is 0 Å². The quantitative estimate of drug-likeness (QED) is 0.664. The molecule has 1 aliphatic carbocycles. The van der Waals surface area contributed by atoms with Crippen molar-refractivity contribution in [2.45, 2.75) is 6.42 Å². The fourth-order valence-corrected chi connectivity index (χ4v) is 2.81. The van der Waals surface area contributed by atoms with E-state index in [0.29, 0.717) is 6.42 Å². The monoisotopic (exact) mass is 312 g/mol. The highest BCUT2D eigenvalue weighted by Crippen LogP contribution is 2.33. The highest BCUT2D eigenvalue weighted by atomic mass is 16.5. The first kappa shape index (κ1) is 14.4. The van der Waals surface area contributed by atoms with E-state index in [1.54, 1.807) is 12.4 Å². The number of aromatic nitrogens is 2. The van der Waals surface area contributed by atoms with E-state index in [2.05, 4.69) is 46.4 Å². The number of hydrogen-bond acceptors (Lipinski definition) is 3. The van der Waals surface area contributed by atoms with E-state index >= 15 is 0 Å². The zero-order valence-electron chi connectivity index (χ0n) is 13.1. The van der Waals surface area contributed by atoms with Crippen LogP contribution in [0.1, 0.15) is 16.7 Å². The molecule has 3 heteroatoms. The third-order valence-electron chi connectivity index (χ3n) is 3.99. The fourth-order valence-electron chi connectivity index (χ4n) is 2.81. The zero-order valence-corrected chi connectivity index (χ0v) is 13.1. The number of ether oxygens (including phenoxy) is 1. The molecule has 0 saturated carbocycles. The number of nitrogens with zero attached hydrogens (tertiary/aromatic N) is 2. The van der Waals surface area contributed by atoms with Gasteiger partial charge in [0.1, 0.15) is 11.5 Å². The highest BCUT2D eigenvalue weighted by Gasteiger charge is 2.17. The topological polar surface area (TPSA) is 35.0 Å². The molecule has 116 valence electrons. The Balaban J connectivity index is 1.76. The van der Waals surface area contributed by atoms with Gasteiger partial charge in [-0.3, -0.25) is 9.97 Å². The summed E-state index contributed by atoms with van der Waals surface area (Å²) >= 11 is 0. The molecule has 0 radical (unpaired) electrons. The Morgan fingerprint density at radius 1 is 0.792 bits per heavy atom. The van der Waals surface area contributed by atoms with E-state index in [9.17, 15) is 0 Å². The van der Waals surface area contributed by atoms with Gasteiger partial charge in [0.15, 0.2) is 0 Å². The number of fused-ring (bicyclic) bond motifs is 1. The molecule has 0 fully saturated rings. The number of allylic oxidation sites excluding steroid dienone is 3. The summed E-state index contributed by atoms with van der Waals surface area (Å²) in [4.78, 5) is 8.14. The Morgan fingerprint density at radius 2 is 1.50 bits per heavy atom. The van der Waals surface area contributed by atoms with E-state index in [0.717, 1.165) is 17.1 Å². The Kier molecular flexibility index (Phi) is 3.90. The van der Waals surface area contributed by atoms with Crippen LogP contribution in [0.4, 0.5) is 0 Å². The fraction of sp³-hybridized carbons (Fsp3) is 0.0476. The Labute approximate surface area is 141 Å². The minimum atomic E-state index is 0.707. The van der Waals surface area contributed by atoms with Crippen molar-refractivity contribution in [2.75, 3.05) is 0 Å². The summed E-state index contributed by atoms with van der Waals surface area (Å²) < 4.78 is 6.23. The van der Waals surface area contributed by atoms with Crippen LogP contribution >= 0.6 is 0 Å². The van der Waals surface area contributed by atoms with Gasteiger partial charge in [-0.2, -0.15) is 0 Å². The first-order chi connectivity index (χ1) is 11.9. The molecule has 4 rings (SSSR count). The van der Waals surface area contributed by atoms with Gasteiger partial charge in [0, 0.05) is 36.8 Å². The smallest absolute Gasteiger partial charge is 0.130 e. The molecule has 1 aliphatic rings. The van der Waals surface area contributed by atoms with E-state index in [1.807, 2.05) is 36.7 Å². The van der Waals surface area contributed by atoms with Crippen molar-refractivity contribution in [1.82, 2.24) is 9.97 Å². The molecule has 0 spiro atoms. The molecule has 0 unspecified atom stereocenters. The van der Waals surface area contributed by atoms with Crippen LogP contribution < -0.4 is 4.74 Å². The van der Waals surface area contributed by atoms with Gasteiger partial charge in [-0.05, 0) is 41.0 Å². The summed E-state index contributed by atoms with van der Waals surface area (Å²) in [6, 6.07) is 16.1. The van der Waals surface area contributed by atoms with E-state index in [-0.39, 0.29) is 0 Å². The SMILES string of the molecule is C1=Cc2ccccc2/C1=C(\Cc1ccncc1)Oc1ccncc1. The maximum atomic E-state index is 6.23. The van der Waals surface area contributed by atoms with Gasteiger partial charge >= 0.3 is 0 Å². The maximum Gasteiger partial charge on any atom is 0.130 e. The van der Waals surface area contributed by atoms with Crippen LogP contribution in [0.25, 0.3) is 11.6 Å². The van der Waals surface area contributed by atoms with E-state index in [4.69, 9.17) is 4.74 Å². The maximum absolute atomic E-state index is 6.23. The molecule has 1 aromatic carbocycles. The summed E-state index contributed by atoms with van der Waals surface area (Å²) in [6.45, 7) is 0. The molecule has 24 heavy (non-hydrogen) atoms. The third kappa shape index (κ3) is 2.97. The summed E-state index contributed by atoms with van der Waals surface area (Å²) in [6.07, 6.45) is 12.1. The number of hydrogen-bond donors (Lipinski definition) is 0. The highest BCUT2D eigenvalue weighted by molar-refractivity contribution is 5.91. The Hall–Kier alpha value is -3.20. The molecule has 2 heterocycles. The van der Waals surface area contributed by atoms with Crippen molar-refractivity contribution in [2.24, 2.45) is 0 Å². The van der Waals surface area contributed by atoms with E-state index < -0.39 is 0 Å². The van der Waals surface area contributed by atoms with Gasteiger partial charge in [0.25, 0.3) is 0 Å². The molecule has 0 atom stereocenters. The van der Waals surface area contributed by atoms with Gasteiger partial charge in [-0.1, -0.05) is 36.4 Å². The lowest BCUT2D eigenvalue weighted by Crippen LogP contribution is -2.03. The third-order valence-corrected chi connectivity index (χ3v) is 3.99. The zero-order chi connectivity index (χ0) is 16.2. The molecule has 3 nitrogen and oxygen atoms in total. The molecular formula is C21H16N2O. The molecule has 0 saturated heterocycles. The minimum Gasteiger partial charge on any atom is -0.461 e. The largest absolute Gasteiger partial charge is 0.461 e. The molecule has 0 aliphatic heterocycles. The van der Waals surface area contributed by atoms with Gasteiger partial charge in [-0.25, -0.2) is 0 Å². The van der Waals surface area contributed by atoms with E-state index in [1.165, 1.54) is 16.7 Å². The van der Waals surface area contributed by atoms with Crippen molar-refractivity contribution in [3.05, 3.63) is 102 Å². The summed E-state index contributed by atoms with van der Waals surface area (Å²) in [5.41, 5.74) is 4.72. The van der Waals surface area contributed by atoms with Crippen LogP contribution in [0.15, 0.2) is 85.2 Å². The second kappa shape index (κ2) is 6.50. The first-order valence-electron chi connectivity index (χ1n) is 7.87. The Morgan fingerprint density at radius 3 is 2.29 bits per heavy atom. The standard InChI is InChI=1S/C21H16N2O/c1-2-4-19-17(3-1)5-6-20(19)21(15-16-7-11-22-12-8-16)24-18-9-13-23-14-10-18/h1-14H,15H2/b21-20+. The molecule has 3 aromatic rings. The van der Waals surface area contributed by atoms with Crippen LogP contribution in [0.5, 0.6) is 5.75 Å². The first-order valence-corrected chi connectivity index (χ1v) is 7.87. The van der Waals surface area contributed by atoms with Crippen molar-refractivity contribution in [1.29, 1.82) is 0 Å². The normalized spacial score (nSPS) is 14.3. The summed E-state index contributed by atoms with van der Waals surface area (Å²) in [7, 11) is 0. The number of rotatable bonds is 4. The van der Waals surface area contributed by atoms with Crippen molar-refractivity contribution in [3.63, 3.8) is 0 Å². The number of pyridine rings is 2. The molecule has 0 bridgehead atoms. The lowest BCUT2D eigenvalue weighted by atomic mass is 10.0. The second-order valence-electron chi connectivity index (χ2n) is 5.57. The van der Waals surface area contributed by atoms with Crippen molar-refractivity contribution < 1.29 is 4.74 Å². The molecule has 0 N–H and O–H groups in total. The molecule has 0 amide bonds. The second-order valence-corrected chi connectivity index (χ2v) is 5.57. The summed E-state index contributed by atoms with van der Waals surface area (Å²) in [5, 5.41) is 0. The minimum absolute atomic E-state index is 0.707. The van der Waals surface area contributed by atoms with Gasteiger partial charge < -0.3 is 4.74 Å². The lowest BCUT2D eigenvalue weighted by molar-refractivity contribution is 0.416. The average molecular weight is 312 g/mol. The van der Waals surface area contributed by atoms with Crippen LogP contribution in [0, 0.1) is 0 Å². The van der Waals surface area contributed by atoms with Crippen molar-refractivity contribution >= 4 is 11.6 Å². The van der Waals surface area contributed by atoms with Gasteiger partial charge in [0.2, 0.25) is 0 Å². The number of benzene rings is 1. The van der Waals surface area contributed by atoms with Crippen LogP contribution in [0.3, 0.4) is 0 Å². The average Bonchev–Trinajstić information content (AvgIpc) is 3.07. The summed E-state index contributed by atoms with van der Waals surface area (Å²) in [5.74, 6) is 1.72. The van der Waals surface area contributed by atoms with Gasteiger partial charge in [0.05, 0.1) is 0 Å². The molecule has 2 aromatic heterocycles. The van der Waals surface area contributed by atoms with Crippen LogP contribution in [-0.4, -0.2) is 9.97 Å².